The van der Waals surface area contributed by atoms with E-state index in [1.807, 2.05) is 79.7 Å². The highest BCUT2D eigenvalue weighted by molar-refractivity contribution is 6.72. The first-order chi connectivity index (χ1) is 24.0. The van der Waals surface area contributed by atoms with E-state index < -0.39 is 31.6 Å². The minimum Gasteiger partial charge on any atom is -0.395 e. The van der Waals surface area contributed by atoms with Crippen molar-refractivity contribution in [3.63, 3.8) is 0 Å². The molecule has 9 nitrogen and oxygen atoms in total. The van der Waals surface area contributed by atoms with E-state index in [9.17, 15) is 19.5 Å². The predicted molar refractivity (Wildman–Crippen MR) is 193 cm³/mol. The van der Waals surface area contributed by atoms with Crippen molar-refractivity contribution in [2.45, 2.75) is 50.2 Å². The number of halogens is 1. The Hall–Kier alpha value is -4.97. The molecule has 4 aromatic carbocycles. The number of fused-ring (bicyclic) bond motifs is 3. The fraction of sp³-hybridized carbons (Fsp3) is 0.282. The lowest BCUT2D eigenvalue weighted by atomic mass is 9.82. The summed E-state index contributed by atoms with van der Waals surface area (Å²) in [7, 11) is -3.59. The van der Waals surface area contributed by atoms with Gasteiger partial charge >= 0.3 is 0 Å². The molecule has 1 spiro atoms. The Morgan fingerprint density at radius 3 is 2.34 bits per heavy atom. The first-order valence-corrected chi connectivity index (χ1v) is 19.8. The van der Waals surface area contributed by atoms with Crippen LogP contribution in [0.15, 0.2) is 114 Å². The minimum absolute atomic E-state index is 0.0999. The standard InChI is InChI=1S/C39H39FN4O5Si/c1-26-36(50(2,3)40)34(23-35(46)42(20-21-45)25-27-12-6-4-7-13-27)49-39(26)32-22-30(44-37(47)31-17-11-10-14-28(31)24-41-44)18-19-33(32)43(38(39)48)29-15-8-5-9-16-29/h4-19,22,24,26,34,36,45H,20-21,23,25H2,1-3H3/t26-,34+,36-,39+/m1/s1. The SMILES string of the molecule is C[C@@H]1[C@@H]([Si](C)(C)F)[C@H](CC(=O)N(CCO)Cc2ccccc2)O[C@@]12C(=O)N(c1ccccc1)c1ccc(-n3ncc4ccccc4c3=O)cc12. The highest BCUT2D eigenvalue weighted by Gasteiger charge is 2.67. The third-order valence-corrected chi connectivity index (χ3v) is 12.6. The van der Waals surface area contributed by atoms with E-state index in [1.54, 1.807) is 59.4 Å². The van der Waals surface area contributed by atoms with Gasteiger partial charge in [-0.3, -0.25) is 19.3 Å². The fourth-order valence-corrected chi connectivity index (χ4v) is 10.4. The van der Waals surface area contributed by atoms with Crippen LogP contribution < -0.4 is 10.5 Å². The van der Waals surface area contributed by atoms with E-state index in [0.29, 0.717) is 33.4 Å². The normalized spacial score (nSPS) is 21.6. The summed E-state index contributed by atoms with van der Waals surface area (Å²) in [5.41, 5.74) is 0.307. The van der Waals surface area contributed by atoms with Crippen LogP contribution in [0.3, 0.4) is 0 Å². The second-order valence-electron chi connectivity index (χ2n) is 13.6. The van der Waals surface area contributed by atoms with Gasteiger partial charge in [0.15, 0.2) is 5.60 Å². The number of amides is 2. The molecule has 256 valence electrons. The molecule has 11 heteroatoms. The van der Waals surface area contributed by atoms with Crippen LogP contribution in [0, 0.1) is 5.92 Å². The first-order valence-electron chi connectivity index (χ1n) is 16.9. The van der Waals surface area contributed by atoms with E-state index in [-0.39, 0.29) is 43.5 Å². The van der Waals surface area contributed by atoms with Gasteiger partial charge in [-0.15, -0.1) is 0 Å². The van der Waals surface area contributed by atoms with Gasteiger partial charge in [0.05, 0.1) is 42.1 Å². The van der Waals surface area contributed by atoms with Crippen LogP contribution in [-0.4, -0.2) is 59.3 Å². The number of aliphatic hydroxyl groups is 1. The number of carbonyl (C=O) groups excluding carboxylic acids is 2. The molecule has 2 aliphatic rings. The molecule has 2 amide bonds. The maximum atomic E-state index is 16.6. The van der Waals surface area contributed by atoms with Crippen molar-refractivity contribution in [1.29, 1.82) is 0 Å². The summed E-state index contributed by atoms with van der Waals surface area (Å²) < 4.78 is 24.7. The number of rotatable bonds is 9. The summed E-state index contributed by atoms with van der Waals surface area (Å²) in [4.78, 5) is 45.7. The third-order valence-electron chi connectivity index (χ3n) is 10.1. The molecular weight excluding hydrogens is 652 g/mol. The lowest BCUT2D eigenvalue weighted by Crippen LogP contribution is -2.44. The number of para-hydroxylation sites is 1. The number of ether oxygens (including phenoxy) is 1. The number of benzene rings is 4. The van der Waals surface area contributed by atoms with Crippen LogP contribution in [0.2, 0.25) is 18.6 Å². The summed E-state index contributed by atoms with van der Waals surface area (Å²) in [5.74, 6) is -1.34. The number of nitrogens with zero attached hydrogens (tertiary/aromatic N) is 4. The fourth-order valence-electron chi connectivity index (χ4n) is 7.92. The molecule has 1 aromatic heterocycles. The monoisotopic (exact) mass is 690 g/mol. The average molecular weight is 691 g/mol. The first kappa shape index (κ1) is 33.5. The largest absolute Gasteiger partial charge is 0.395 e. The van der Waals surface area contributed by atoms with Crippen molar-refractivity contribution in [1.82, 2.24) is 14.7 Å². The van der Waals surface area contributed by atoms with Gasteiger partial charge < -0.3 is 18.9 Å². The summed E-state index contributed by atoms with van der Waals surface area (Å²) in [6.45, 7) is 5.15. The summed E-state index contributed by atoms with van der Waals surface area (Å²) >= 11 is 0. The molecule has 1 fully saturated rings. The molecule has 5 aromatic rings. The van der Waals surface area contributed by atoms with Crippen molar-refractivity contribution >= 4 is 42.4 Å². The zero-order valence-corrected chi connectivity index (χ0v) is 29.2. The molecule has 1 saturated heterocycles. The van der Waals surface area contributed by atoms with Gasteiger partial charge in [0, 0.05) is 41.2 Å². The van der Waals surface area contributed by atoms with Gasteiger partial charge in [0.25, 0.3) is 11.5 Å². The van der Waals surface area contributed by atoms with E-state index in [2.05, 4.69) is 5.10 Å². The maximum absolute atomic E-state index is 16.6. The summed E-state index contributed by atoms with van der Waals surface area (Å²) in [5, 5.41) is 15.5. The maximum Gasteiger partial charge on any atom is 0.279 e. The van der Waals surface area contributed by atoms with Crippen molar-refractivity contribution in [2.24, 2.45) is 5.92 Å². The minimum atomic E-state index is -3.59. The number of hydrogen-bond donors (Lipinski definition) is 1. The number of anilines is 2. The molecular formula is C39H39FN4O5Si. The van der Waals surface area contributed by atoms with E-state index >= 15 is 4.11 Å². The van der Waals surface area contributed by atoms with Crippen LogP contribution in [0.1, 0.15) is 24.5 Å². The summed E-state index contributed by atoms with van der Waals surface area (Å²) in [6, 6.07) is 31.1. The molecule has 3 heterocycles. The van der Waals surface area contributed by atoms with Crippen LogP contribution in [-0.2, 0) is 26.5 Å². The smallest absolute Gasteiger partial charge is 0.279 e. The van der Waals surface area contributed by atoms with Gasteiger partial charge in [-0.05, 0) is 55.1 Å². The lowest BCUT2D eigenvalue weighted by Gasteiger charge is -2.31. The second-order valence-corrected chi connectivity index (χ2v) is 17.4. The Morgan fingerprint density at radius 2 is 1.64 bits per heavy atom. The average Bonchev–Trinajstić information content (AvgIpc) is 3.54. The highest BCUT2D eigenvalue weighted by Crippen LogP contribution is 2.61. The van der Waals surface area contributed by atoms with Crippen LogP contribution in [0.5, 0.6) is 0 Å². The lowest BCUT2D eigenvalue weighted by molar-refractivity contribution is -0.149. The van der Waals surface area contributed by atoms with Crippen LogP contribution >= 0.6 is 0 Å². The van der Waals surface area contributed by atoms with E-state index in [4.69, 9.17) is 4.74 Å². The molecule has 2 aliphatic heterocycles. The quantitative estimate of drug-likeness (QED) is 0.145. The Bertz CT molecular complexity index is 2120. The molecule has 0 saturated carbocycles. The number of carbonyl (C=O) groups is 2. The second kappa shape index (κ2) is 13.1. The third kappa shape index (κ3) is 5.65. The predicted octanol–water partition coefficient (Wildman–Crippen LogP) is 6.25. The molecule has 0 radical (unpaired) electrons. The topological polar surface area (TPSA) is 105 Å². The van der Waals surface area contributed by atoms with Crippen LogP contribution in [0.25, 0.3) is 16.5 Å². The van der Waals surface area contributed by atoms with Crippen molar-refractivity contribution in [3.05, 3.63) is 131 Å². The van der Waals surface area contributed by atoms with Gasteiger partial charge in [-0.2, -0.15) is 9.78 Å². The molecule has 1 N–H and O–H groups in total. The molecule has 50 heavy (non-hydrogen) atoms. The molecule has 4 atom stereocenters. The Morgan fingerprint density at radius 1 is 0.960 bits per heavy atom. The van der Waals surface area contributed by atoms with Crippen molar-refractivity contribution in [3.8, 4) is 5.69 Å². The molecule has 0 aliphatic carbocycles. The molecule has 7 rings (SSSR count). The highest BCUT2D eigenvalue weighted by atomic mass is 28.4. The Balaban J connectivity index is 1.34. The van der Waals surface area contributed by atoms with E-state index in [1.165, 1.54) is 4.68 Å². The summed E-state index contributed by atoms with van der Waals surface area (Å²) in [6.07, 6.45) is 0.542. The van der Waals surface area contributed by atoms with Gasteiger partial charge in [-0.25, -0.2) is 0 Å². The molecule has 0 unspecified atom stereocenters. The number of hydrogen-bond acceptors (Lipinski definition) is 6. The Kier molecular flexibility index (Phi) is 8.75. The van der Waals surface area contributed by atoms with Gasteiger partial charge in [0.1, 0.15) is 0 Å². The Labute approximate surface area is 290 Å². The number of aliphatic hydroxyl groups excluding tert-OH is 1. The molecule has 0 bridgehead atoms. The van der Waals surface area contributed by atoms with Gasteiger partial charge in [0.2, 0.25) is 14.3 Å². The van der Waals surface area contributed by atoms with Crippen molar-refractivity contribution in [2.75, 3.05) is 18.1 Å². The zero-order chi connectivity index (χ0) is 35.2. The number of aromatic nitrogens is 2. The van der Waals surface area contributed by atoms with Crippen molar-refractivity contribution < 1.29 is 23.5 Å². The zero-order valence-electron chi connectivity index (χ0n) is 28.2. The van der Waals surface area contributed by atoms with Gasteiger partial charge in [-0.1, -0.05) is 73.7 Å². The van der Waals surface area contributed by atoms with E-state index in [0.717, 1.165) is 5.56 Å². The van der Waals surface area contributed by atoms with Crippen LogP contribution in [0.4, 0.5) is 15.5 Å².